The lowest BCUT2D eigenvalue weighted by Crippen LogP contribution is -2.35. The molecule has 1 aromatic carbocycles. The third-order valence-electron chi connectivity index (χ3n) is 3.58. The predicted octanol–water partition coefficient (Wildman–Crippen LogP) is 1.36. The third kappa shape index (κ3) is 2.73. The molecule has 1 amide bonds. The van der Waals surface area contributed by atoms with Crippen LogP contribution in [0.2, 0.25) is 0 Å². The molecule has 0 spiro atoms. The number of sulfone groups is 1. The van der Waals surface area contributed by atoms with Crippen molar-refractivity contribution >= 4 is 26.7 Å². The molecule has 0 bridgehead atoms. The second kappa shape index (κ2) is 5.07. The Balaban J connectivity index is 1.84. The van der Waals surface area contributed by atoms with Gasteiger partial charge in [-0.25, -0.2) is 8.42 Å². The van der Waals surface area contributed by atoms with E-state index in [9.17, 15) is 13.2 Å². The minimum Gasteiger partial charge on any atom is -0.496 e. The second-order valence-corrected chi connectivity index (χ2v) is 7.31. The number of rotatable bonds is 3. The summed E-state index contributed by atoms with van der Waals surface area (Å²) in [7, 11) is -1.50. The fourth-order valence-corrected chi connectivity index (χ4v) is 4.19. The van der Waals surface area contributed by atoms with E-state index in [4.69, 9.17) is 9.15 Å². The average molecular weight is 309 g/mol. The molecule has 3 rings (SSSR count). The maximum Gasteiger partial charge on any atom is 0.251 e. The molecule has 1 fully saturated rings. The average Bonchev–Trinajstić information content (AvgIpc) is 3.03. The van der Waals surface area contributed by atoms with E-state index in [-0.39, 0.29) is 23.5 Å². The maximum absolute atomic E-state index is 12.2. The smallest absolute Gasteiger partial charge is 0.251 e. The molecule has 0 radical (unpaired) electrons. The molecule has 1 N–H and O–H groups in total. The molecule has 6 nitrogen and oxygen atoms in total. The van der Waals surface area contributed by atoms with Crippen molar-refractivity contribution in [3.05, 3.63) is 30.0 Å². The van der Waals surface area contributed by atoms with Crippen LogP contribution in [0, 0.1) is 0 Å². The summed E-state index contributed by atoms with van der Waals surface area (Å²) in [5.41, 5.74) is 0.942. The number of hydrogen-bond acceptors (Lipinski definition) is 5. The van der Waals surface area contributed by atoms with Crippen LogP contribution < -0.4 is 10.1 Å². The van der Waals surface area contributed by atoms with Gasteiger partial charge in [0.1, 0.15) is 11.3 Å². The van der Waals surface area contributed by atoms with Crippen LogP contribution in [-0.4, -0.2) is 39.0 Å². The van der Waals surface area contributed by atoms with Crippen LogP contribution in [0.15, 0.2) is 28.9 Å². The van der Waals surface area contributed by atoms with Crippen LogP contribution in [0.4, 0.5) is 0 Å². The van der Waals surface area contributed by atoms with Gasteiger partial charge in [-0.2, -0.15) is 0 Å². The second-order valence-electron chi connectivity index (χ2n) is 5.08. The Kier molecular flexibility index (Phi) is 3.36. The van der Waals surface area contributed by atoms with Crippen molar-refractivity contribution in [1.82, 2.24) is 5.32 Å². The van der Waals surface area contributed by atoms with E-state index in [1.54, 1.807) is 18.2 Å². The highest BCUT2D eigenvalue weighted by atomic mass is 32.2. The topological polar surface area (TPSA) is 85.6 Å². The molecule has 1 atom stereocenters. The maximum atomic E-state index is 12.2. The van der Waals surface area contributed by atoms with E-state index in [2.05, 4.69) is 5.32 Å². The molecule has 7 heteroatoms. The summed E-state index contributed by atoms with van der Waals surface area (Å²) < 4.78 is 33.4. The lowest BCUT2D eigenvalue weighted by molar-refractivity contribution is 0.0941. The van der Waals surface area contributed by atoms with E-state index in [1.165, 1.54) is 13.4 Å². The Morgan fingerprint density at radius 1 is 1.43 bits per heavy atom. The normalized spacial score (nSPS) is 20.5. The van der Waals surface area contributed by atoms with E-state index < -0.39 is 9.84 Å². The highest BCUT2D eigenvalue weighted by Gasteiger charge is 2.29. The van der Waals surface area contributed by atoms with Crippen molar-refractivity contribution < 1.29 is 22.4 Å². The minimum absolute atomic E-state index is 0.00112. The molecular weight excluding hydrogens is 294 g/mol. The summed E-state index contributed by atoms with van der Waals surface area (Å²) in [5, 5.41) is 3.53. The van der Waals surface area contributed by atoms with Gasteiger partial charge in [0, 0.05) is 11.6 Å². The van der Waals surface area contributed by atoms with Crippen LogP contribution in [0.5, 0.6) is 5.75 Å². The van der Waals surface area contributed by atoms with Crippen molar-refractivity contribution in [3.8, 4) is 5.75 Å². The first-order valence-electron chi connectivity index (χ1n) is 6.55. The Morgan fingerprint density at radius 3 is 2.90 bits per heavy atom. The van der Waals surface area contributed by atoms with Gasteiger partial charge in [-0.15, -0.1) is 0 Å². The van der Waals surface area contributed by atoms with E-state index >= 15 is 0 Å². The lowest BCUT2D eigenvalue weighted by atomic mass is 10.1. The number of amides is 1. The van der Waals surface area contributed by atoms with E-state index in [0.717, 1.165) is 5.39 Å². The highest BCUT2D eigenvalue weighted by Crippen LogP contribution is 2.28. The molecule has 112 valence electrons. The predicted molar refractivity (Wildman–Crippen MR) is 77.3 cm³/mol. The van der Waals surface area contributed by atoms with Gasteiger partial charge in [-0.05, 0) is 24.6 Å². The van der Waals surface area contributed by atoms with Gasteiger partial charge >= 0.3 is 0 Å². The first-order chi connectivity index (χ1) is 9.98. The SMILES string of the molecule is COc1cc(C(=O)NC2CCS(=O)(=O)C2)cc2occc12. The molecule has 1 aliphatic heterocycles. The fourth-order valence-electron chi connectivity index (χ4n) is 2.52. The number of hydrogen-bond donors (Lipinski definition) is 1. The number of methoxy groups -OCH3 is 1. The van der Waals surface area contributed by atoms with Gasteiger partial charge in [0.15, 0.2) is 9.84 Å². The summed E-state index contributed by atoms with van der Waals surface area (Å²) in [6.45, 7) is 0. The van der Waals surface area contributed by atoms with Gasteiger partial charge < -0.3 is 14.5 Å². The monoisotopic (exact) mass is 309 g/mol. The number of carbonyl (C=O) groups is 1. The van der Waals surface area contributed by atoms with Crippen LogP contribution in [-0.2, 0) is 9.84 Å². The molecule has 2 aromatic rings. The Morgan fingerprint density at radius 2 is 2.24 bits per heavy atom. The van der Waals surface area contributed by atoms with Gasteiger partial charge in [0.05, 0.1) is 30.3 Å². The Hall–Kier alpha value is -2.02. The van der Waals surface area contributed by atoms with Crippen molar-refractivity contribution in [2.24, 2.45) is 0 Å². The summed E-state index contributed by atoms with van der Waals surface area (Å²) in [5.74, 6) is 0.344. The first-order valence-corrected chi connectivity index (χ1v) is 8.37. The van der Waals surface area contributed by atoms with Crippen molar-refractivity contribution in [2.45, 2.75) is 12.5 Å². The third-order valence-corrected chi connectivity index (χ3v) is 5.35. The molecule has 1 saturated heterocycles. The number of nitrogens with one attached hydrogen (secondary N) is 1. The first kappa shape index (κ1) is 13.9. The molecule has 2 heterocycles. The molecule has 21 heavy (non-hydrogen) atoms. The number of fused-ring (bicyclic) bond motifs is 1. The standard InChI is InChI=1S/C14H15NO5S/c1-19-12-6-9(7-13-11(12)2-4-20-13)14(16)15-10-3-5-21(17,18)8-10/h2,4,6-7,10H,3,5,8H2,1H3,(H,15,16). The van der Waals surface area contributed by atoms with Crippen LogP contribution >= 0.6 is 0 Å². The van der Waals surface area contributed by atoms with Crippen LogP contribution in [0.3, 0.4) is 0 Å². The van der Waals surface area contributed by atoms with Crippen LogP contribution in [0.1, 0.15) is 16.8 Å². The molecular formula is C14H15NO5S. The van der Waals surface area contributed by atoms with Gasteiger partial charge in [0.2, 0.25) is 0 Å². The van der Waals surface area contributed by atoms with Crippen molar-refractivity contribution in [3.63, 3.8) is 0 Å². The van der Waals surface area contributed by atoms with Gasteiger partial charge in [-0.3, -0.25) is 4.79 Å². The fraction of sp³-hybridized carbons (Fsp3) is 0.357. The summed E-state index contributed by atoms with van der Waals surface area (Å²) in [4.78, 5) is 12.2. The lowest BCUT2D eigenvalue weighted by Gasteiger charge is -2.11. The van der Waals surface area contributed by atoms with Gasteiger partial charge in [0.25, 0.3) is 5.91 Å². The summed E-state index contributed by atoms with van der Waals surface area (Å²) in [6, 6.07) is 4.67. The Labute approximate surface area is 122 Å². The number of benzene rings is 1. The van der Waals surface area contributed by atoms with Crippen molar-refractivity contribution in [2.75, 3.05) is 18.6 Å². The van der Waals surface area contributed by atoms with Gasteiger partial charge in [-0.1, -0.05) is 0 Å². The highest BCUT2D eigenvalue weighted by molar-refractivity contribution is 7.91. The zero-order valence-corrected chi connectivity index (χ0v) is 12.3. The quantitative estimate of drug-likeness (QED) is 0.925. The molecule has 1 aromatic heterocycles. The molecule has 1 aliphatic rings. The molecule has 1 unspecified atom stereocenters. The minimum atomic E-state index is -3.02. The molecule has 0 aliphatic carbocycles. The van der Waals surface area contributed by atoms with E-state index in [0.29, 0.717) is 23.3 Å². The zero-order valence-electron chi connectivity index (χ0n) is 11.5. The number of furan rings is 1. The summed E-state index contributed by atoms with van der Waals surface area (Å²) in [6.07, 6.45) is 1.98. The Bertz CT molecular complexity index is 793. The van der Waals surface area contributed by atoms with Crippen molar-refractivity contribution in [1.29, 1.82) is 0 Å². The number of ether oxygens (including phenoxy) is 1. The largest absolute Gasteiger partial charge is 0.496 e. The zero-order chi connectivity index (χ0) is 15.0. The molecule has 0 saturated carbocycles. The number of carbonyl (C=O) groups excluding carboxylic acids is 1. The summed E-state index contributed by atoms with van der Waals surface area (Å²) >= 11 is 0. The van der Waals surface area contributed by atoms with Crippen LogP contribution in [0.25, 0.3) is 11.0 Å². The van der Waals surface area contributed by atoms with E-state index in [1.807, 2.05) is 0 Å².